The van der Waals surface area contributed by atoms with Gasteiger partial charge in [0, 0.05) is 19.3 Å². The van der Waals surface area contributed by atoms with E-state index in [4.69, 9.17) is 14.2 Å². The fourth-order valence-electron chi connectivity index (χ4n) is 6.16. The van der Waals surface area contributed by atoms with Crippen molar-refractivity contribution < 1.29 is 28.6 Å². The zero-order chi connectivity index (χ0) is 38.7. The Morgan fingerprint density at radius 3 is 1.15 bits per heavy atom. The summed E-state index contributed by atoms with van der Waals surface area (Å²) in [5.74, 6) is -0.905. The average Bonchev–Trinajstić information content (AvgIpc) is 3.15. The van der Waals surface area contributed by atoms with E-state index in [0.29, 0.717) is 19.3 Å². The zero-order valence-electron chi connectivity index (χ0n) is 35.0. The lowest BCUT2D eigenvalue weighted by atomic mass is 10.1. The van der Waals surface area contributed by atoms with Gasteiger partial charge in [0.2, 0.25) is 0 Å². The maximum atomic E-state index is 12.7. The molecule has 0 aliphatic rings. The van der Waals surface area contributed by atoms with Crippen LogP contribution < -0.4 is 0 Å². The summed E-state index contributed by atoms with van der Waals surface area (Å²) in [6.45, 7) is 6.52. The van der Waals surface area contributed by atoms with Crippen LogP contribution in [0, 0.1) is 0 Å². The second-order valence-corrected chi connectivity index (χ2v) is 15.0. The molecule has 0 aliphatic heterocycles. The third-order valence-electron chi connectivity index (χ3n) is 9.62. The number of carbonyl (C=O) groups is 3. The van der Waals surface area contributed by atoms with Crippen molar-refractivity contribution in [2.75, 3.05) is 13.2 Å². The van der Waals surface area contributed by atoms with Crippen molar-refractivity contribution in [1.29, 1.82) is 0 Å². The number of hydrogen-bond acceptors (Lipinski definition) is 6. The van der Waals surface area contributed by atoms with Crippen LogP contribution in [0.25, 0.3) is 0 Å². The number of rotatable bonds is 40. The SMILES string of the molecule is CCCC/C=C\C/C=C\CCCCCCCC(=O)OC[C@@H](COC(=O)CCCCCCCCCCC)OC(=O)CCCCCCC/C=C\CCCCC. The van der Waals surface area contributed by atoms with E-state index in [0.717, 1.165) is 89.9 Å². The van der Waals surface area contributed by atoms with Crippen LogP contribution in [0.5, 0.6) is 0 Å². The number of ether oxygens (including phenoxy) is 3. The van der Waals surface area contributed by atoms with E-state index in [1.165, 1.54) is 96.3 Å². The first-order valence-corrected chi connectivity index (χ1v) is 22.5. The molecule has 0 aromatic heterocycles. The quantitative estimate of drug-likeness (QED) is 0.0269. The van der Waals surface area contributed by atoms with E-state index in [2.05, 4.69) is 57.2 Å². The maximum absolute atomic E-state index is 12.7. The van der Waals surface area contributed by atoms with E-state index in [9.17, 15) is 14.4 Å². The molecule has 1 atom stereocenters. The third-order valence-corrected chi connectivity index (χ3v) is 9.62. The van der Waals surface area contributed by atoms with E-state index < -0.39 is 6.10 Å². The van der Waals surface area contributed by atoms with Crippen LogP contribution >= 0.6 is 0 Å². The molecule has 0 bridgehead atoms. The predicted octanol–water partition coefficient (Wildman–Crippen LogP) is 14.2. The molecule has 0 aromatic rings. The Balaban J connectivity index is 4.38. The smallest absolute Gasteiger partial charge is 0.306 e. The topological polar surface area (TPSA) is 78.9 Å². The Hall–Kier alpha value is -2.37. The molecule has 0 heterocycles. The van der Waals surface area contributed by atoms with Crippen LogP contribution in [-0.2, 0) is 28.6 Å². The molecule has 308 valence electrons. The van der Waals surface area contributed by atoms with Crippen molar-refractivity contribution in [2.45, 2.75) is 232 Å². The highest BCUT2D eigenvalue weighted by molar-refractivity contribution is 5.71. The summed E-state index contributed by atoms with van der Waals surface area (Å²) < 4.78 is 16.7. The Morgan fingerprint density at radius 1 is 0.377 bits per heavy atom. The van der Waals surface area contributed by atoms with Crippen molar-refractivity contribution in [2.24, 2.45) is 0 Å². The van der Waals surface area contributed by atoms with Gasteiger partial charge in [0.25, 0.3) is 0 Å². The Bertz CT molecular complexity index is 907. The number of unbranched alkanes of at least 4 members (excludes halogenated alkanes) is 23. The molecule has 6 nitrogen and oxygen atoms in total. The van der Waals surface area contributed by atoms with E-state index in [-0.39, 0.29) is 31.1 Å². The predicted molar refractivity (Wildman–Crippen MR) is 224 cm³/mol. The van der Waals surface area contributed by atoms with Gasteiger partial charge >= 0.3 is 17.9 Å². The van der Waals surface area contributed by atoms with Crippen molar-refractivity contribution in [3.63, 3.8) is 0 Å². The van der Waals surface area contributed by atoms with Gasteiger partial charge < -0.3 is 14.2 Å². The molecule has 0 radical (unpaired) electrons. The molecule has 0 saturated heterocycles. The lowest BCUT2D eigenvalue weighted by Gasteiger charge is -2.18. The standard InChI is InChI=1S/C47H84O6/c1-4-7-10-13-16-19-21-23-24-26-28-31-34-37-40-46(49)52-43-44(42-51-45(48)39-36-33-30-27-18-15-12-9-6-3)53-47(50)41-38-35-32-29-25-22-20-17-14-11-8-5-2/h13,16-17,20-21,23,44H,4-12,14-15,18-19,22,24-43H2,1-3H3/b16-13-,20-17-,23-21-/t44-/m1/s1. The van der Waals surface area contributed by atoms with Gasteiger partial charge in [-0.05, 0) is 70.6 Å². The van der Waals surface area contributed by atoms with Gasteiger partial charge in [0.15, 0.2) is 6.10 Å². The molecule has 0 amide bonds. The summed E-state index contributed by atoms with van der Waals surface area (Å²) in [6.07, 6.45) is 46.9. The second kappa shape index (κ2) is 42.4. The highest BCUT2D eigenvalue weighted by Gasteiger charge is 2.19. The molecule has 0 N–H and O–H groups in total. The van der Waals surface area contributed by atoms with E-state index in [1.54, 1.807) is 0 Å². The Kier molecular flexibility index (Phi) is 40.5. The summed E-state index contributed by atoms with van der Waals surface area (Å²) in [5, 5.41) is 0. The molecule has 0 fully saturated rings. The average molecular weight is 745 g/mol. The second-order valence-electron chi connectivity index (χ2n) is 15.0. The highest BCUT2D eigenvalue weighted by Crippen LogP contribution is 2.13. The van der Waals surface area contributed by atoms with Crippen LogP contribution in [0.1, 0.15) is 226 Å². The fraction of sp³-hybridized carbons (Fsp3) is 0.809. The summed E-state index contributed by atoms with van der Waals surface area (Å²) in [6, 6.07) is 0. The zero-order valence-corrected chi connectivity index (χ0v) is 35.0. The maximum Gasteiger partial charge on any atom is 0.306 e. The lowest BCUT2D eigenvalue weighted by Crippen LogP contribution is -2.30. The molecule has 6 heteroatoms. The normalized spacial score (nSPS) is 12.3. The van der Waals surface area contributed by atoms with Crippen LogP contribution in [0.15, 0.2) is 36.5 Å². The number of allylic oxidation sites excluding steroid dienone is 6. The van der Waals surface area contributed by atoms with E-state index in [1.807, 2.05) is 0 Å². The van der Waals surface area contributed by atoms with E-state index >= 15 is 0 Å². The van der Waals surface area contributed by atoms with Gasteiger partial charge in [0.05, 0.1) is 0 Å². The molecular formula is C47H84O6. The van der Waals surface area contributed by atoms with Crippen LogP contribution in [-0.4, -0.2) is 37.2 Å². The number of hydrogen-bond donors (Lipinski definition) is 0. The van der Waals surface area contributed by atoms with Crippen LogP contribution in [0.2, 0.25) is 0 Å². The van der Waals surface area contributed by atoms with Crippen LogP contribution in [0.4, 0.5) is 0 Å². The van der Waals surface area contributed by atoms with Gasteiger partial charge in [0.1, 0.15) is 13.2 Å². The first-order valence-electron chi connectivity index (χ1n) is 22.5. The van der Waals surface area contributed by atoms with Gasteiger partial charge in [-0.15, -0.1) is 0 Å². The molecule has 0 saturated carbocycles. The minimum Gasteiger partial charge on any atom is -0.462 e. The van der Waals surface area contributed by atoms with Crippen molar-refractivity contribution >= 4 is 17.9 Å². The van der Waals surface area contributed by atoms with Crippen molar-refractivity contribution in [1.82, 2.24) is 0 Å². The monoisotopic (exact) mass is 745 g/mol. The Morgan fingerprint density at radius 2 is 0.698 bits per heavy atom. The molecular weight excluding hydrogens is 661 g/mol. The highest BCUT2D eigenvalue weighted by atomic mass is 16.6. The summed E-state index contributed by atoms with van der Waals surface area (Å²) in [4.78, 5) is 37.6. The largest absolute Gasteiger partial charge is 0.462 e. The van der Waals surface area contributed by atoms with Gasteiger partial charge in [-0.1, -0.05) is 173 Å². The third kappa shape index (κ3) is 40.6. The summed E-state index contributed by atoms with van der Waals surface area (Å²) in [7, 11) is 0. The van der Waals surface area contributed by atoms with Gasteiger partial charge in [-0.3, -0.25) is 14.4 Å². The molecule has 0 spiro atoms. The minimum atomic E-state index is -0.775. The van der Waals surface area contributed by atoms with Gasteiger partial charge in [-0.2, -0.15) is 0 Å². The molecule has 53 heavy (non-hydrogen) atoms. The van der Waals surface area contributed by atoms with Crippen molar-refractivity contribution in [3.8, 4) is 0 Å². The van der Waals surface area contributed by atoms with Crippen molar-refractivity contribution in [3.05, 3.63) is 36.5 Å². The number of esters is 3. The Labute approximate surface area is 327 Å². The first-order chi connectivity index (χ1) is 26.0. The van der Waals surface area contributed by atoms with Crippen LogP contribution in [0.3, 0.4) is 0 Å². The lowest BCUT2D eigenvalue weighted by molar-refractivity contribution is -0.167. The molecule has 0 unspecified atom stereocenters. The number of carbonyl (C=O) groups excluding carboxylic acids is 3. The fourth-order valence-corrected chi connectivity index (χ4v) is 6.16. The minimum absolute atomic E-state index is 0.0785. The van der Waals surface area contributed by atoms with Gasteiger partial charge in [-0.25, -0.2) is 0 Å². The summed E-state index contributed by atoms with van der Waals surface area (Å²) >= 11 is 0. The molecule has 0 aromatic carbocycles. The molecule has 0 rings (SSSR count). The first kappa shape index (κ1) is 50.6. The summed E-state index contributed by atoms with van der Waals surface area (Å²) in [5.41, 5.74) is 0. The molecule has 0 aliphatic carbocycles.